The van der Waals surface area contributed by atoms with Crippen LogP contribution in [0.4, 0.5) is 5.69 Å². The number of amides is 1. The van der Waals surface area contributed by atoms with Gasteiger partial charge in [-0.05, 0) is 64.0 Å². The third-order valence-electron chi connectivity index (χ3n) is 5.10. The molecule has 0 aliphatic heterocycles. The molecule has 0 saturated carbocycles. The zero-order chi connectivity index (χ0) is 25.3. The number of hydrogen-bond acceptors (Lipinski definition) is 4. The van der Waals surface area contributed by atoms with Crippen molar-refractivity contribution in [2.24, 2.45) is 0 Å². The van der Waals surface area contributed by atoms with Crippen LogP contribution in [0, 0.1) is 0 Å². The highest BCUT2D eigenvalue weighted by molar-refractivity contribution is 9.10. The molecule has 182 valence electrons. The van der Waals surface area contributed by atoms with Gasteiger partial charge in [0.05, 0.1) is 16.0 Å². The molecule has 1 amide bonds. The Balaban J connectivity index is 1.62. The number of benzene rings is 3. The first kappa shape index (κ1) is 26.4. The average molecular weight is 555 g/mol. The second-order valence-electron chi connectivity index (χ2n) is 7.61. The van der Waals surface area contributed by atoms with Gasteiger partial charge in [0.1, 0.15) is 5.75 Å². The first-order valence-electron chi connectivity index (χ1n) is 10.9. The van der Waals surface area contributed by atoms with E-state index in [0.717, 1.165) is 6.42 Å². The van der Waals surface area contributed by atoms with Crippen LogP contribution in [0.15, 0.2) is 107 Å². The van der Waals surface area contributed by atoms with Gasteiger partial charge >= 0.3 is 0 Å². The number of nitrogens with one attached hydrogen (secondary N) is 1. The molecule has 0 radical (unpaired) electrons. The van der Waals surface area contributed by atoms with Gasteiger partial charge in [-0.3, -0.25) is 4.79 Å². The largest absolute Gasteiger partial charge is 0.492 e. The van der Waals surface area contributed by atoms with Crippen molar-refractivity contribution < 1.29 is 17.9 Å². The van der Waals surface area contributed by atoms with E-state index in [4.69, 9.17) is 4.74 Å². The third kappa shape index (κ3) is 7.14. The lowest BCUT2D eigenvalue weighted by Gasteiger charge is -2.19. The van der Waals surface area contributed by atoms with Crippen molar-refractivity contribution in [3.63, 3.8) is 0 Å². The zero-order valence-corrected chi connectivity index (χ0v) is 21.6. The summed E-state index contributed by atoms with van der Waals surface area (Å²) in [5.41, 5.74) is 2.10. The van der Waals surface area contributed by atoms with E-state index in [1.165, 1.54) is 34.2 Å². The highest BCUT2D eigenvalue weighted by Crippen LogP contribution is 2.27. The van der Waals surface area contributed by atoms with Crippen LogP contribution in [0.3, 0.4) is 0 Å². The van der Waals surface area contributed by atoms with Crippen LogP contribution in [-0.2, 0) is 16.4 Å². The summed E-state index contributed by atoms with van der Waals surface area (Å²) >= 11 is 3.47. The number of carbonyl (C=O) groups excluding carboxylic acids is 1. The van der Waals surface area contributed by atoms with Crippen LogP contribution < -0.4 is 10.1 Å². The fourth-order valence-electron chi connectivity index (χ4n) is 3.30. The van der Waals surface area contributed by atoms with Gasteiger partial charge in [-0.25, -0.2) is 8.42 Å². The van der Waals surface area contributed by atoms with Gasteiger partial charge in [-0.15, -0.1) is 13.2 Å². The van der Waals surface area contributed by atoms with Crippen molar-refractivity contribution in [3.05, 3.63) is 114 Å². The molecule has 3 aromatic rings. The average Bonchev–Trinajstić information content (AvgIpc) is 2.86. The minimum absolute atomic E-state index is 0.124. The van der Waals surface area contributed by atoms with Crippen molar-refractivity contribution >= 4 is 37.5 Å². The van der Waals surface area contributed by atoms with E-state index >= 15 is 0 Å². The summed E-state index contributed by atoms with van der Waals surface area (Å²) in [5.74, 6) is 0.327. The Labute approximate surface area is 215 Å². The van der Waals surface area contributed by atoms with Gasteiger partial charge in [-0.2, -0.15) is 4.31 Å². The second kappa shape index (κ2) is 12.5. The molecule has 0 aliphatic rings. The van der Waals surface area contributed by atoms with Gasteiger partial charge in [0, 0.05) is 30.8 Å². The van der Waals surface area contributed by atoms with E-state index in [0.29, 0.717) is 28.1 Å². The van der Waals surface area contributed by atoms with Crippen LogP contribution >= 0.6 is 15.9 Å². The summed E-state index contributed by atoms with van der Waals surface area (Å²) in [7, 11) is -3.70. The summed E-state index contributed by atoms with van der Waals surface area (Å²) in [5, 5.41) is 2.79. The lowest BCUT2D eigenvalue weighted by atomic mass is 10.1. The molecule has 8 heteroatoms. The lowest BCUT2D eigenvalue weighted by molar-refractivity contribution is 0.102. The Morgan fingerprint density at radius 2 is 1.63 bits per heavy atom. The number of sulfonamides is 1. The highest BCUT2D eigenvalue weighted by atomic mass is 79.9. The van der Waals surface area contributed by atoms with Crippen LogP contribution in [-0.4, -0.2) is 38.3 Å². The Bertz CT molecular complexity index is 1270. The van der Waals surface area contributed by atoms with E-state index in [1.807, 2.05) is 30.3 Å². The van der Waals surface area contributed by atoms with Crippen molar-refractivity contribution in [2.75, 3.05) is 25.0 Å². The fraction of sp³-hybridized carbons (Fsp3) is 0.148. The number of hydrogen-bond donors (Lipinski definition) is 1. The normalized spacial score (nSPS) is 11.1. The summed E-state index contributed by atoms with van der Waals surface area (Å²) < 4.78 is 33.4. The van der Waals surface area contributed by atoms with Crippen LogP contribution in [0.1, 0.15) is 15.9 Å². The molecular formula is C27H27BrN2O4S. The maximum atomic E-state index is 12.8. The van der Waals surface area contributed by atoms with Crippen LogP contribution in [0.2, 0.25) is 0 Å². The van der Waals surface area contributed by atoms with Crippen molar-refractivity contribution in [1.29, 1.82) is 0 Å². The monoisotopic (exact) mass is 554 g/mol. The summed E-state index contributed by atoms with van der Waals surface area (Å²) in [6.07, 6.45) is 3.82. The topological polar surface area (TPSA) is 75.7 Å². The molecule has 0 spiro atoms. The van der Waals surface area contributed by atoms with Gasteiger partial charge in [-0.1, -0.05) is 42.5 Å². The first-order valence-corrected chi connectivity index (χ1v) is 13.2. The molecule has 0 saturated heterocycles. The highest BCUT2D eigenvalue weighted by Gasteiger charge is 2.22. The molecule has 3 aromatic carbocycles. The molecule has 0 atom stereocenters. The summed E-state index contributed by atoms with van der Waals surface area (Å²) in [6.45, 7) is 8.07. The predicted molar refractivity (Wildman–Crippen MR) is 143 cm³/mol. The summed E-state index contributed by atoms with van der Waals surface area (Å²) in [6, 6.07) is 21.2. The number of nitrogens with zero attached hydrogens (tertiary/aromatic N) is 1. The minimum atomic E-state index is -3.70. The van der Waals surface area contributed by atoms with E-state index < -0.39 is 10.0 Å². The molecular weight excluding hydrogens is 528 g/mol. The SMILES string of the molecule is C=CCN(CC=C)S(=O)(=O)c1ccc(NC(=O)c2ccc(OCCc3ccccc3)c(Br)c2)cc1. The smallest absolute Gasteiger partial charge is 0.255 e. The maximum absolute atomic E-state index is 12.8. The number of halogens is 1. The molecule has 35 heavy (non-hydrogen) atoms. The Kier molecular flexibility index (Phi) is 9.42. The van der Waals surface area contributed by atoms with Crippen LogP contribution in [0.5, 0.6) is 5.75 Å². The van der Waals surface area contributed by atoms with Crippen molar-refractivity contribution in [3.8, 4) is 5.75 Å². The van der Waals surface area contributed by atoms with Crippen LogP contribution in [0.25, 0.3) is 0 Å². The molecule has 0 fully saturated rings. The molecule has 3 rings (SSSR count). The fourth-order valence-corrected chi connectivity index (χ4v) is 5.18. The number of ether oxygens (including phenoxy) is 1. The maximum Gasteiger partial charge on any atom is 0.255 e. The second-order valence-corrected chi connectivity index (χ2v) is 10.4. The Morgan fingerprint density at radius 1 is 0.971 bits per heavy atom. The lowest BCUT2D eigenvalue weighted by Crippen LogP contribution is -2.31. The molecule has 0 bridgehead atoms. The molecule has 0 unspecified atom stereocenters. The van der Waals surface area contributed by atoms with E-state index in [1.54, 1.807) is 30.3 Å². The minimum Gasteiger partial charge on any atom is -0.492 e. The van der Waals surface area contributed by atoms with E-state index in [2.05, 4.69) is 34.4 Å². The third-order valence-corrected chi connectivity index (χ3v) is 7.57. The quantitative estimate of drug-likeness (QED) is 0.292. The van der Waals surface area contributed by atoms with Crippen molar-refractivity contribution in [1.82, 2.24) is 4.31 Å². The first-order chi connectivity index (χ1) is 16.8. The molecule has 1 N–H and O–H groups in total. The van der Waals surface area contributed by atoms with Gasteiger partial charge in [0.2, 0.25) is 10.0 Å². The Hall–Kier alpha value is -3.20. The van der Waals surface area contributed by atoms with Crippen molar-refractivity contribution in [2.45, 2.75) is 11.3 Å². The van der Waals surface area contributed by atoms with Gasteiger partial charge in [0.15, 0.2) is 0 Å². The number of rotatable bonds is 12. The standard InChI is InChI=1S/C27H27BrN2O4S/c1-3-17-30(18-4-2)35(32,33)24-13-11-23(12-14-24)29-27(31)22-10-15-26(25(28)20-22)34-19-16-21-8-6-5-7-9-21/h3-15,20H,1-2,16-19H2,(H,29,31). The van der Waals surface area contributed by atoms with E-state index in [9.17, 15) is 13.2 Å². The predicted octanol–water partition coefficient (Wildman–Crippen LogP) is 5.69. The molecule has 6 nitrogen and oxygen atoms in total. The molecule has 0 aliphatic carbocycles. The molecule has 0 aromatic heterocycles. The van der Waals surface area contributed by atoms with Gasteiger partial charge in [0.25, 0.3) is 5.91 Å². The summed E-state index contributed by atoms with van der Waals surface area (Å²) in [4.78, 5) is 12.8. The Morgan fingerprint density at radius 3 is 2.23 bits per heavy atom. The van der Waals surface area contributed by atoms with Gasteiger partial charge < -0.3 is 10.1 Å². The number of anilines is 1. The zero-order valence-electron chi connectivity index (χ0n) is 19.2. The number of carbonyl (C=O) groups is 1. The van der Waals surface area contributed by atoms with E-state index in [-0.39, 0.29) is 23.9 Å². The molecule has 0 heterocycles.